The molecule has 2 rings (SSSR count). The van der Waals surface area contributed by atoms with Crippen molar-refractivity contribution >= 4 is 19.8 Å². The third-order valence-corrected chi connectivity index (χ3v) is 7.80. The van der Waals surface area contributed by atoms with E-state index in [1.165, 1.54) is 11.0 Å². The summed E-state index contributed by atoms with van der Waals surface area (Å²) < 4.78 is 6.33. The van der Waals surface area contributed by atoms with Crippen LogP contribution in [0.5, 0.6) is 5.75 Å². The summed E-state index contributed by atoms with van der Waals surface area (Å²) in [7, 11) is -1.42. The lowest BCUT2D eigenvalue weighted by atomic mass is 9.92. The van der Waals surface area contributed by atoms with Crippen molar-refractivity contribution in [3.05, 3.63) is 23.8 Å². The Hall–Kier alpha value is -0.485. The lowest BCUT2D eigenvalue weighted by Crippen LogP contribution is -2.24. The van der Waals surface area contributed by atoms with E-state index in [0.29, 0.717) is 11.3 Å². The zero-order chi connectivity index (χ0) is 11.9. The minimum Gasteiger partial charge on any atom is -0.406 e. The summed E-state index contributed by atoms with van der Waals surface area (Å²) in [6.07, 6.45) is 0. The number of hydrogen-bond donors (Lipinski definition) is 0. The minimum absolute atomic E-state index is 0.597. The monoisotopic (exact) mass is 234 g/mol. The molecule has 0 atom stereocenters. The molecular weight excluding hydrogens is 214 g/mol. The first-order valence-corrected chi connectivity index (χ1v) is 7.91. The van der Waals surface area contributed by atoms with Crippen LogP contribution in [0, 0.1) is 6.92 Å². The van der Waals surface area contributed by atoms with E-state index in [2.05, 4.69) is 59.8 Å². The van der Waals surface area contributed by atoms with Crippen molar-refractivity contribution in [3.63, 3.8) is 0 Å². The molecule has 1 nitrogen and oxygen atoms in total. The van der Waals surface area contributed by atoms with E-state index in [1.807, 2.05) is 0 Å². The highest BCUT2D eigenvalue weighted by atomic mass is 31.2. The van der Waals surface area contributed by atoms with Gasteiger partial charge in [-0.25, -0.2) is 0 Å². The fourth-order valence-corrected chi connectivity index (χ4v) is 5.78. The Morgan fingerprint density at radius 3 is 2.31 bits per heavy atom. The van der Waals surface area contributed by atoms with Crippen LogP contribution in [-0.4, -0.2) is 18.3 Å². The topological polar surface area (TPSA) is 9.23 Å². The van der Waals surface area contributed by atoms with Gasteiger partial charge in [-0.15, -0.1) is 0 Å². The number of rotatable bonds is 2. The van der Waals surface area contributed by atoms with Crippen molar-refractivity contribution in [1.29, 1.82) is 0 Å². The normalized spacial score (nSPS) is 17.7. The van der Waals surface area contributed by atoms with Crippen molar-refractivity contribution in [1.82, 2.24) is 0 Å². The van der Waals surface area contributed by atoms with Gasteiger partial charge in [-0.2, -0.15) is 5.46 Å². The van der Waals surface area contributed by atoms with Gasteiger partial charge in [0.2, 0.25) is 0 Å². The molecule has 0 spiro atoms. The second kappa shape index (κ2) is 4.07. The molecule has 16 heavy (non-hydrogen) atoms. The maximum absolute atomic E-state index is 6.33. The number of hydrogen-bond acceptors (Lipinski definition) is 1. The summed E-state index contributed by atoms with van der Waals surface area (Å²) in [6.45, 7) is 13.7. The van der Waals surface area contributed by atoms with Crippen molar-refractivity contribution in [3.8, 4) is 5.75 Å². The summed E-state index contributed by atoms with van der Waals surface area (Å²) in [5, 5.41) is 0. The third-order valence-electron chi connectivity index (χ3n) is 3.38. The van der Waals surface area contributed by atoms with Gasteiger partial charge in [0.1, 0.15) is 5.75 Å². The van der Waals surface area contributed by atoms with Gasteiger partial charge >= 0.3 is 0 Å². The van der Waals surface area contributed by atoms with Crippen molar-refractivity contribution < 1.29 is 4.52 Å². The molecule has 0 aromatic heterocycles. The van der Waals surface area contributed by atoms with Crippen LogP contribution in [0.3, 0.4) is 0 Å². The van der Waals surface area contributed by atoms with Gasteiger partial charge in [0.15, 0.2) is 0 Å². The first kappa shape index (κ1) is 12.0. The molecule has 0 unspecified atom stereocenters. The van der Waals surface area contributed by atoms with Gasteiger partial charge < -0.3 is 4.52 Å². The average Bonchev–Trinajstić information content (AvgIpc) is 2.57. The van der Waals surface area contributed by atoms with E-state index in [9.17, 15) is 0 Å². The second-order valence-corrected chi connectivity index (χ2v) is 9.25. The van der Waals surface area contributed by atoms with Crippen molar-refractivity contribution in [2.45, 2.75) is 45.9 Å². The molecule has 1 aromatic rings. The van der Waals surface area contributed by atoms with E-state index >= 15 is 0 Å². The van der Waals surface area contributed by atoms with Crippen LogP contribution in [0.2, 0.25) is 0 Å². The SMILES string of the molecule is Cc1ccc2c(c1)[B-][P+](C(C)C)(C(C)C)O2. The van der Waals surface area contributed by atoms with Crippen molar-refractivity contribution in [2.75, 3.05) is 0 Å². The molecule has 0 amide bonds. The fourth-order valence-electron chi connectivity index (χ4n) is 2.37. The highest BCUT2D eigenvalue weighted by molar-refractivity contribution is 8.00. The van der Waals surface area contributed by atoms with Gasteiger partial charge in [-0.3, -0.25) is 0 Å². The Kier molecular flexibility index (Phi) is 3.05. The summed E-state index contributed by atoms with van der Waals surface area (Å²) in [5.41, 5.74) is 3.81. The largest absolute Gasteiger partial charge is 0.406 e. The Labute approximate surface area is 100 Å². The van der Waals surface area contributed by atoms with Crippen LogP contribution in [-0.2, 0) is 0 Å². The number of aryl methyl sites for hydroxylation is 1. The summed E-state index contributed by atoms with van der Waals surface area (Å²) in [4.78, 5) is 0. The molecular formula is C13H20BOP. The molecule has 0 bridgehead atoms. The Bertz CT molecular complexity index is 393. The number of benzene rings is 1. The van der Waals surface area contributed by atoms with Crippen molar-refractivity contribution in [2.24, 2.45) is 0 Å². The number of fused-ring (bicyclic) bond motifs is 1. The molecule has 1 aliphatic heterocycles. The molecule has 3 heteroatoms. The van der Waals surface area contributed by atoms with Crippen LogP contribution in [0.4, 0.5) is 0 Å². The molecule has 1 aromatic carbocycles. The lowest BCUT2D eigenvalue weighted by Gasteiger charge is -2.38. The fraction of sp³-hybridized carbons (Fsp3) is 0.538. The summed E-state index contributed by atoms with van der Waals surface area (Å²) >= 11 is 0. The van der Waals surface area contributed by atoms with E-state index < -0.39 is 7.37 Å². The molecule has 0 aliphatic carbocycles. The first-order chi connectivity index (χ1) is 7.45. The van der Waals surface area contributed by atoms with Crippen LogP contribution in [0.1, 0.15) is 33.3 Å². The zero-order valence-electron chi connectivity index (χ0n) is 10.8. The second-order valence-electron chi connectivity index (χ2n) is 5.21. The van der Waals surface area contributed by atoms with E-state index in [0.717, 1.165) is 5.75 Å². The lowest BCUT2D eigenvalue weighted by molar-refractivity contribution is 0.596. The molecule has 0 saturated carbocycles. The first-order valence-electron chi connectivity index (χ1n) is 6.00. The zero-order valence-corrected chi connectivity index (χ0v) is 11.7. The Balaban J connectivity index is 2.39. The standard InChI is InChI=1S/C13H20BOP/c1-9(2)16(10(3)4)14-12-8-11(5)6-7-13(12)15-16/h6-10H,1-5H3. The van der Waals surface area contributed by atoms with Gasteiger partial charge in [0, 0.05) is 7.00 Å². The maximum atomic E-state index is 6.33. The highest BCUT2D eigenvalue weighted by Gasteiger charge is 2.41. The molecule has 1 heterocycles. The molecule has 0 saturated heterocycles. The predicted octanol–water partition coefficient (Wildman–Crippen LogP) is 3.38. The summed E-state index contributed by atoms with van der Waals surface area (Å²) in [5.74, 6) is 1.08. The average molecular weight is 234 g/mol. The molecule has 1 aliphatic rings. The van der Waals surface area contributed by atoms with Gasteiger partial charge in [-0.1, -0.05) is 17.7 Å². The van der Waals surface area contributed by atoms with Gasteiger partial charge in [0.05, 0.1) is 11.3 Å². The molecule has 0 N–H and O–H groups in total. The quantitative estimate of drug-likeness (QED) is 0.563. The maximum Gasteiger partial charge on any atom is 0.130 e. The van der Waals surface area contributed by atoms with Crippen LogP contribution in [0.25, 0.3) is 0 Å². The van der Waals surface area contributed by atoms with Crippen LogP contribution < -0.4 is 9.99 Å². The van der Waals surface area contributed by atoms with E-state index in [4.69, 9.17) is 4.52 Å². The van der Waals surface area contributed by atoms with Crippen LogP contribution in [0.15, 0.2) is 18.2 Å². The third kappa shape index (κ3) is 1.78. The molecule has 86 valence electrons. The highest BCUT2D eigenvalue weighted by Crippen LogP contribution is 2.67. The Morgan fingerprint density at radius 2 is 1.75 bits per heavy atom. The molecule has 0 fully saturated rings. The van der Waals surface area contributed by atoms with E-state index in [1.54, 1.807) is 0 Å². The summed E-state index contributed by atoms with van der Waals surface area (Å²) in [6, 6.07) is 6.49. The molecule has 2 radical (unpaired) electrons. The van der Waals surface area contributed by atoms with Gasteiger partial charge in [0.25, 0.3) is 0 Å². The van der Waals surface area contributed by atoms with Gasteiger partial charge in [-0.05, 0) is 48.1 Å². The smallest absolute Gasteiger partial charge is 0.130 e. The predicted molar refractivity (Wildman–Crippen MR) is 74.4 cm³/mol. The van der Waals surface area contributed by atoms with E-state index in [-0.39, 0.29) is 0 Å². The Morgan fingerprint density at radius 1 is 1.12 bits per heavy atom. The minimum atomic E-state index is -1.42. The van der Waals surface area contributed by atoms with Crippen LogP contribution >= 0.6 is 7.37 Å².